The summed E-state index contributed by atoms with van der Waals surface area (Å²) >= 11 is 1.42. The second-order valence-electron chi connectivity index (χ2n) is 6.51. The van der Waals surface area contributed by atoms with Gasteiger partial charge in [-0.1, -0.05) is 62.0 Å². The SMILES string of the molecule is CCCOc1ccccc1/C=N/N=C1\NC(=O)C(Cc2ccc(CC)cc2)S1. The molecule has 0 saturated carbocycles. The number of hydrogen-bond acceptors (Lipinski definition) is 5. The highest BCUT2D eigenvalue weighted by atomic mass is 32.2. The topological polar surface area (TPSA) is 63.1 Å². The summed E-state index contributed by atoms with van der Waals surface area (Å²) in [7, 11) is 0. The molecule has 0 spiro atoms. The summed E-state index contributed by atoms with van der Waals surface area (Å²) in [4.78, 5) is 12.2. The molecule has 1 unspecified atom stereocenters. The Hall–Kier alpha value is -2.60. The van der Waals surface area contributed by atoms with E-state index >= 15 is 0 Å². The average Bonchev–Trinajstić information content (AvgIpc) is 3.07. The second-order valence-corrected chi connectivity index (χ2v) is 7.70. The minimum atomic E-state index is -0.179. The van der Waals surface area contributed by atoms with E-state index in [4.69, 9.17) is 4.74 Å². The van der Waals surface area contributed by atoms with Crippen molar-refractivity contribution in [1.29, 1.82) is 0 Å². The third-order valence-electron chi connectivity index (χ3n) is 4.35. The number of amides is 1. The molecule has 1 N–H and O–H groups in total. The number of carbonyl (C=O) groups excluding carboxylic acids is 1. The van der Waals surface area contributed by atoms with Gasteiger partial charge in [0, 0.05) is 5.56 Å². The van der Waals surface area contributed by atoms with Gasteiger partial charge in [0.25, 0.3) is 0 Å². The number of thioether (sulfide) groups is 1. The fourth-order valence-electron chi connectivity index (χ4n) is 2.79. The molecule has 1 amide bonds. The predicted octanol–water partition coefficient (Wildman–Crippen LogP) is 4.20. The molecule has 2 aromatic rings. The number of hydrogen-bond donors (Lipinski definition) is 1. The van der Waals surface area contributed by atoms with Crippen molar-refractivity contribution in [3.8, 4) is 5.75 Å². The molecule has 3 rings (SSSR count). The van der Waals surface area contributed by atoms with Gasteiger partial charge < -0.3 is 10.1 Å². The van der Waals surface area contributed by atoms with Crippen molar-refractivity contribution in [2.24, 2.45) is 10.2 Å². The smallest absolute Gasteiger partial charge is 0.239 e. The number of nitrogens with one attached hydrogen (secondary N) is 1. The molecule has 1 fully saturated rings. The van der Waals surface area contributed by atoms with Crippen LogP contribution in [0.1, 0.15) is 37.0 Å². The van der Waals surface area contributed by atoms with Crippen LogP contribution in [0.4, 0.5) is 0 Å². The maximum atomic E-state index is 12.2. The van der Waals surface area contributed by atoms with E-state index in [2.05, 4.69) is 53.6 Å². The van der Waals surface area contributed by atoms with Gasteiger partial charge in [-0.25, -0.2) is 0 Å². The zero-order valence-electron chi connectivity index (χ0n) is 16.2. The van der Waals surface area contributed by atoms with Crippen LogP contribution in [-0.2, 0) is 17.6 Å². The van der Waals surface area contributed by atoms with Crippen LogP contribution in [0.15, 0.2) is 58.7 Å². The first kappa shape index (κ1) is 20.1. The molecule has 2 aromatic carbocycles. The average molecular weight is 396 g/mol. The molecule has 146 valence electrons. The number of aryl methyl sites for hydroxylation is 1. The number of para-hydroxylation sites is 1. The van der Waals surface area contributed by atoms with Gasteiger partial charge in [-0.05, 0) is 42.5 Å². The van der Waals surface area contributed by atoms with Gasteiger partial charge in [0.1, 0.15) is 5.75 Å². The summed E-state index contributed by atoms with van der Waals surface area (Å²) in [5.41, 5.74) is 3.31. The lowest BCUT2D eigenvalue weighted by Gasteiger charge is -2.06. The predicted molar refractivity (Wildman–Crippen MR) is 116 cm³/mol. The van der Waals surface area contributed by atoms with Crippen LogP contribution >= 0.6 is 11.8 Å². The molecule has 0 aliphatic carbocycles. The monoisotopic (exact) mass is 395 g/mol. The Balaban J connectivity index is 1.61. The Kier molecular flexibility index (Phi) is 7.25. The van der Waals surface area contributed by atoms with Gasteiger partial charge in [0.15, 0.2) is 5.17 Å². The lowest BCUT2D eigenvalue weighted by molar-refractivity contribution is -0.118. The molecule has 1 aliphatic heterocycles. The van der Waals surface area contributed by atoms with Crippen molar-refractivity contribution < 1.29 is 9.53 Å². The van der Waals surface area contributed by atoms with Crippen molar-refractivity contribution in [1.82, 2.24) is 5.32 Å². The Labute approximate surface area is 170 Å². The van der Waals surface area contributed by atoms with E-state index in [0.717, 1.165) is 29.7 Å². The van der Waals surface area contributed by atoms with Crippen molar-refractivity contribution in [2.75, 3.05) is 6.61 Å². The number of rotatable bonds is 8. The highest BCUT2D eigenvalue weighted by Gasteiger charge is 2.30. The normalized spacial score (nSPS) is 18.0. The summed E-state index contributed by atoms with van der Waals surface area (Å²) in [5, 5.41) is 11.5. The first-order valence-corrected chi connectivity index (χ1v) is 10.5. The van der Waals surface area contributed by atoms with Crippen LogP contribution in [0.25, 0.3) is 0 Å². The van der Waals surface area contributed by atoms with Crippen molar-refractivity contribution >= 4 is 29.1 Å². The van der Waals surface area contributed by atoms with Gasteiger partial charge in [-0.3, -0.25) is 4.79 Å². The molecular weight excluding hydrogens is 370 g/mol. The van der Waals surface area contributed by atoms with E-state index in [-0.39, 0.29) is 11.2 Å². The van der Waals surface area contributed by atoms with Crippen LogP contribution in [0.2, 0.25) is 0 Å². The molecule has 6 heteroatoms. The minimum absolute atomic E-state index is 0.0230. The fourth-order valence-corrected chi connectivity index (χ4v) is 3.75. The van der Waals surface area contributed by atoms with Crippen LogP contribution < -0.4 is 10.1 Å². The summed E-state index contributed by atoms with van der Waals surface area (Å²) in [6.45, 7) is 4.86. The van der Waals surface area contributed by atoms with Gasteiger partial charge >= 0.3 is 0 Å². The highest BCUT2D eigenvalue weighted by molar-refractivity contribution is 8.15. The van der Waals surface area contributed by atoms with Crippen LogP contribution in [-0.4, -0.2) is 29.1 Å². The maximum absolute atomic E-state index is 12.2. The third kappa shape index (κ3) is 5.45. The summed E-state index contributed by atoms with van der Waals surface area (Å²) in [5.74, 6) is 0.759. The first-order chi connectivity index (χ1) is 13.7. The molecule has 0 radical (unpaired) electrons. The van der Waals surface area contributed by atoms with E-state index < -0.39 is 0 Å². The van der Waals surface area contributed by atoms with Crippen molar-refractivity contribution in [3.63, 3.8) is 0 Å². The van der Waals surface area contributed by atoms with E-state index in [9.17, 15) is 4.79 Å². The Morgan fingerprint density at radius 1 is 1.11 bits per heavy atom. The lowest BCUT2D eigenvalue weighted by atomic mass is 10.1. The van der Waals surface area contributed by atoms with Crippen LogP contribution in [0, 0.1) is 0 Å². The summed E-state index contributed by atoms with van der Waals surface area (Å²) in [6.07, 6.45) is 4.29. The molecule has 0 bridgehead atoms. The molecule has 28 heavy (non-hydrogen) atoms. The van der Waals surface area contributed by atoms with E-state index in [0.29, 0.717) is 18.2 Å². The lowest BCUT2D eigenvalue weighted by Crippen LogP contribution is -2.25. The third-order valence-corrected chi connectivity index (χ3v) is 5.43. The second kappa shape index (κ2) is 10.1. The van der Waals surface area contributed by atoms with E-state index in [1.165, 1.54) is 17.3 Å². The van der Waals surface area contributed by atoms with E-state index in [1.54, 1.807) is 6.21 Å². The zero-order valence-corrected chi connectivity index (χ0v) is 17.0. The molecule has 1 atom stereocenters. The molecule has 1 heterocycles. The van der Waals surface area contributed by atoms with Crippen LogP contribution in [0.5, 0.6) is 5.75 Å². The largest absolute Gasteiger partial charge is 0.493 e. The highest BCUT2D eigenvalue weighted by Crippen LogP contribution is 2.24. The Morgan fingerprint density at radius 2 is 1.86 bits per heavy atom. The number of benzene rings is 2. The van der Waals surface area contributed by atoms with Crippen LogP contribution in [0.3, 0.4) is 0 Å². The van der Waals surface area contributed by atoms with Gasteiger partial charge in [0.05, 0.1) is 18.1 Å². The molecule has 5 nitrogen and oxygen atoms in total. The Morgan fingerprint density at radius 3 is 2.61 bits per heavy atom. The zero-order chi connectivity index (χ0) is 19.8. The van der Waals surface area contributed by atoms with Gasteiger partial charge in [-0.2, -0.15) is 5.10 Å². The summed E-state index contributed by atoms with van der Waals surface area (Å²) < 4.78 is 5.71. The molecule has 1 saturated heterocycles. The minimum Gasteiger partial charge on any atom is -0.493 e. The van der Waals surface area contributed by atoms with Gasteiger partial charge in [0.2, 0.25) is 5.91 Å². The number of amidine groups is 1. The van der Waals surface area contributed by atoms with Crippen molar-refractivity contribution in [2.45, 2.75) is 38.4 Å². The number of ether oxygens (including phenoxy) is 1. The van der Waals surface area contributed by atoms with Crippen molar-refractivity contribution in [3.05, 3.63) is 65.2 Å². The Bertz CT molecular complexity index is 862. The molecular formula is C22H25N3O2S. The molecule has 0 aromatic heterocycles. The van der Waals surface area contributed by atoms with Gasteiger partial charge in [-0.15, -0.1) is 5.10 Å². The standard InChI is InChI=1S/C22H25N3O2S/c1-3-13-27-19-8-6-5-7-18(19)15-23-25-22-24-21(26)20(28-22)14-17-11-9-16(4-2)10-12-17/h5-12,15,20H,3-4,13-14H2,1-2H3,(H,24,25,26)/b23-15+. The quantitative estimate of drug-likeness (QED) is 0.538. The maximum Gasteiger partial charge on any atom is 0.239 e. The van der Waals surface area contributed by atoms with E-state index in [1.807, 2.05) is 24.3 Å². The summed E-state index contributed by atoms with van der Waals surface area (Å²) in [6, 6.07) is 16.1. The first-order valence-electron chi connectivity index (χ1n) is 9.57. The number of nitrogens with zero attached hydrogens (tertiary/aromatic N) is 2. The number of carbonyl (C=O) groups is 1. The fraction of sp³-hybridized carbons (Fsp3) is 0.318. The molecule has 1 aliphatic rings.